The first-order valence-electron chi connectivity index (χ1n) is 10.9. The third-order valence-corrected chi connectivity index (χ3v) is 5.39. The van der Waals surface area contributed by atoms with Gasteiger partial charge in [0.25, 0.3) is 5.91 Å². The van der Waals surface area contributed by atoms with Gasteiger partial charge in [-0.2, -0.15) is 0 Å². The lowest BCUT2D eigenvalue weighted by atomic mass is 10.00. The van der Waals surface area contributed by atoms with Crippen LogP contribution in [-0.2, 0) is 16.1 Å². The van der Waals surface area contributed by atoms with E-state index in [0.29, 0.717) is 23.4 Å². The highest BCUT2D eigenvalue weighted by Crippen LogP contribution is 2.34. The van der Waals surface area contributed by atoms with Gasteiger partial charge in [0.2, 0.25) is 5.91 Å². The Kier molecular flexibility index (Phi) is 6.91. The summed E-state index contributed by atoms with van der Waals surface area (Å²) in [6.07, 6.45) is 0.603. The van der Waals surface area contributed by atoms with Crippen LogP contribution < -0.4 is 10.6 Å². The molecular formula is C25H24FN3O5. The number of nitrogens with zero attached hydrogens (tertiary/aromatic N) is 1. The molecule has 2 aromatic carbocycles. The van der Waals surface area contributed by atoms with Crippen molar-refractivity contribution < 1.29 is 27.9 Å². The summed E-state index contributed by atoms with van der Waals surface area (Å²) in [5, 5.41) is 5.53. The van der Waals surface area contributed by atoms with Crippen LogP contribution in [0.1, 0.15) is 41.1 Å². The lowest BCUT2D eigenvalue weighted by Crippen LogP contribution is -2.46. The first kappa shape index (κ1) is 23.0. The number of halogens is 1. The molecule has 2 atom stereocenters. The van der Waals surface area contributed by atoms with Gasteiger partial charge < -0.3 is 19.8 Å². The Balaban J connectivity index is 1.55. The van der Waals surface area contributed by atoms with Gasteiger partial charge in [0.15, 0.2) is 17.9 Å². The van der Waals surface area contributed by atoms with E-state index in [4.69, 9.17) is 9.15 Å². The minimum absolute atomic E-state index is 0.0224. The molecule has 0 aliphatic carbocycles. The van der Waals surface area contributed by atoms with Gasteiger partial charge in [0, 0.05) is 12.2 Å². The van der Waals surface area contributed by atoms with Gasteiger partial charge in [-0.25, -0.2) is 9.18 Å². The fraction of sp³-hybridized carbons (Fsp3) is 0.240. The van der Waals surface area contributed by atoms with Crippen LogP contribution in [0.2, 0.25) is 0 Å². The number of carbonyl (C=O) groups excluding carboxylic acids is 3. The number of cyclic esters (lactones) is 1. The Hall–Kier alpha value is -4.14. The molecule has 4 rings (SSSR count). The summed E-state index contributed by atoms with van der Waals surface area (Å²) in [5.74, 6) is -1.01. The summed E-state index contributed by atoms with van der Waals surface area (Å²) in [6, 6.07) is 14.8. The summed E-state index contributed by atoms with van der Waals surface area (Å²) < 4.78 is 24.3. The van der Waals surface area contributed by atoms with Crippen LogP contribution in [0, 0.1) is 5.82 Å². The molecule has 1 saturated heterocycles. The smallest absolute Gasteiger partial charge is 0.411 e. The van der Waals surface area contributed by atoms with Crippen molar-refractivity contribution in [1.82, 2.24) is 10.2 Å². The van der Waals surface area contributed by atoms with Gasteiger partial charge in [-0.05, 0) is 53.9 Å². The first-order chi connectivity index (χ1) is 16.5. The molecule has 2 unspecified atom stereocenters. The normalized spacial score (nSPS) is 17.4. The molecule has 176 valence electrons. The van der Waals surface area contributed by atoms with Crippen LogP contribution in [0.3, 0.4) is 0 Å². The second-order valence-corrected chi connectivity index (χ2v) is 7.85. The SMILES string of the molecule is CCCNC(=O)C1C(c2ccc(NC(=O)c3ccco3)cc2)OC(=O)N1Cc1cccc(F)c1. The third kappa shape index (κ3) is 5.09. The molecule has 8 nitrogen and oxygen atoms in total. The average Bonchev–Trinajstić information content (AvgIpc) is 3.47. The van der Waals surface area contributed by atoms with Crippen molar-refractivity contribution in [3.63, 3.8) is 0 Å². The van der Waals surface area contributed by atoms with Crippen LogP contribution in [-0.4, -0.2) is 35.4 Å². The fourth-order valence-corrected chi connectivity index (χ4v) is 3.75. The largest absolute Gasteiger partial charge is 0.459 e. The molecule has 9 heteroatoms. The molecular weight excluding hydrogens is 441 g/mol. The van der Waals surface area contributed by atoms with E-state index in [2.05, 4.69) is 10.6 Å². The number of hydrogen-bond acceptors (Lipinski definition) is 5. The fourth-order valence-electron chi connectivity index (χ4n) is 3.75. The van der Waals surface area contributed by atoms with E-state index in [1.165, 1.54) is 23.3 Å². The van der Waals surface area contributed by atoms with E-state index in [1.54, 1.807) is 48.5 Å². The highest BCUT2D eigenvalue weighted by Gasteiger charge is 2.46. The summed E-state index contributed by atoms with van der Waals surface area (Å²) in [6.45, 7) is 2.39. The van der Waals surface area contributed by atoms with Crippen molar-refractivity contribution >= 4 is 23.6 Å². The van der Waals surface area contributed by atoms with Crippen molar-refractivity contribution in [3.05, 3.63) is 89.6 Å². The lowest BCUT2D eigenvalue weighted by molar-refractivity contribution is -0.126. The molecule has 1 aromatic heterocycles. The van der Waals surface area contributed by atoms with Crippen LogP contribution in [0.5, 0.6) is 0 Å². The second kappa shape index (κ2) is 10.2. The molecule has 3 aromatic rings. The van der Waals surface area contributed by atoms with Crippen molar-refractivity contribution in [1.29, 1.82) is 0 Å². The Morgan fingerprint density at radius 3 is 2.56 bits per heavy atom. The predicted octanol–water partition coefficient (Wildman–Crippen LogP) is 4.26. The Bertz CT molecular complexity index is 1160. The zero-order chi connectivity index (χ0) is 24.1. The number of rotatable bonds is 8. The van der Waals surface area contributed by atoms with E-state index >= 15 is 0 Å². The zero-order valence-corrected chi connectivity index (χ0v) is 18.5. The maximum atomic E-state index is 13.7. The van der Waals surface area contributed by atoms with Crippen LogP contribution in [0.15, 0.2) is 71.3 Å². The quantitative estimate of drug-likeness (QED) is 0.518. The van der Waals surface area contributed by atoms with E-state index in [-0.39, 0.29) is 18.2 Å². The number of amides is 3. The first-order valence-corrected chi connectivity index (χ1v) is 10.9. The van der Waals surface area contributed by atoms with Gasteiger partial charge in [-0.3, -0.25) is 14.5 Å². The molecule has 2 heterocycles. The molecule has 3 amide bonds. The molecule has 0 saturated carbocycles. The monoisotopic (exact) mass is 465 g/mol. The molecule has 2 N–H and O–H groups in total. The van der Waals surface area contributed by atoms with Gasteiger partial charge in [0.1, 0.15) is 5.82 Å². The molecule has 0 spiro atoms. The maximum absolute atomic E-state index is 13.7. The van der Waals surface area contributed by atoms with E-state index < -0.39 is 30.0 Å². The molecule has 1 aliphatic heterocycles. The van der Waals surface area contributed by atoms with Crippen LogP contribution >= 0.6 is 0 Å². The van der Waals surface area contributed by atoms with Crippen molar-refractivity contribution in [2.24, 2.45) is 0 Å². The van der Waals surface area contributed by atoms with Crippen LogP contribution in [0.25, 0.3) is 0 Å². The predicted molar refractivity (Wildman–Crippen MR) is 121 cm³/mol. The molecule has 34 heavy (non-hydrogen) atoms. The summed E-state index contributed by atoms with van der Waals surface area (Å²) in [4.78, 5) is 39.2. The topological polar surface area (TPSA) is 101 Å². The Labute approximate surface area is 195 Å². The summed E-state index contributed by atoms with van der Waals surface area (Å²) >= 11 is 0. The van der Waals surface area contributed by atoms with E-state index in [0.717, 1.165) is 6.42 Å². The lowest BCUT2D eigenvalue weighted by Gasteiger charge is -2.24. The summed E-state index contributed by atoms with van der Waals surface area (Å²) in [5.41, 5.74) is 1.64. The van der Waals surface area contributed by atoms with Gasteiger partial charge in [-0.1, -0.05) is 31.2 Å². The summed E-state index contributed by atoms with van der Waals surface area (Å²) in [7, 11) is 0. The second-order valence-electron chi connectivity index (χ2n) is 7.85. The zero-order valence-electron chi connectivity index (χ0n) is 18.5. The number of ether oxygens (including phenoxy) is 1. The molecule has 1 aliphatic rings. The molecule has 1 fully saturated rings. The molecule has 0 radical (unpaired) electrons. The number of carbonyl (C=O) groups is 3. The van der Waals surface area contributed by atoms with Crippen LogP contribution in [0.4, 0.5) is 14.9 Å². The minimum atomic E-state index is -0.939. The number of hydrogen-bond donors (Lipinski definition) is 2. The van der Waals surface area contributed by atoms with Crippen molar-refractivity contribution in [2.75, 3.05) is 11.9 Å². The van der Waals surface area contributed by atoms with E-state index in [1.807, 2.05) is 6.92 Å². The third-order valence-electron chi connectivity index (χ3n) is 5.39. The number of nitrogens with one attached hydrogen (secondary N) is 2. The van der Waals surface area contributed by atoms with Gasteiger partial charge in [-0.15, -0.1) is 0 Å². The van der Waals surface area contributed by atoms with Gasteiger partial charge >= 0.3 is 6.09 Å². The standard InChI is InChI=1S/C25H24FN3O5/c1-2-12-27-24(31)21-22(34-25(32)29(21)15-16-5-3-6-18(26)14-16)17-8-10-19(11-9-17)28-23(30)20-7-4-13-33-20/h3-11,13-14,21-22H,2,12,15H2,1H3,(H,27,31)(H,28,30). The number of furan rings is 1. The Morgan fingerprint density at radius 2 is 1.88 bits per heavy atom. The number of benzene rings is 2. The Morgan fingerprint density at radius 1 is 1.09 bits per heavy atom. The highest BCUT2D eigenvalue weighted by molar-refractivity contribution is 6.02. The van der Waals surface area contributed by atoms with Gasteiger partial charge in [0.05, 0.1) is 12.8 Å². The minimum Gasteiger partial charge on any atom is -0.459 e. The van der Waals surface area contributed by atoms with E-state index in [9.17, 15) is 18.8 Å². The average molecular weight is 465 g/mol. The maximum Gasteiger partial charge on any atom is 0.411 e. The number of anilines is 1. The van der Waals surface area contributed by atoms with Crippen molar-refractivity contribution in [2.45, 2.75) is 32.0 Å². The highest BCUT2D eigenvalue weighted by atomic mass is 19.1. The van der Waals surface area contributed by atoms with Crippen molar-refractivity contribution in [3.8, 4) is 0 Å². The molecule has 0 bridgehead atoms.